The second-order valence-corrected chi connectivity index (χ2v) is 5.47. The molecule has 0 radical (unpaired) electrons. The first-order valence-corrected chi connectivity index (χ1v) is 6.98. The van der Waals surface area contributed by atoms with Gasteiger partial charge in [-0.1, -0.05) is 46.3 Å². The molecular weight excluding hydrogens is 319 g/mol. The van der Waals surface area contributed by atoms with E-state index in [1.165, 1.54) is 6.07 Å². The summed E-state index contributed by atoms with van der Waals surface area (Å²) in [6.07, 6.45) is 0. The minimum Gasteiger partial charge on any atom is -0.398 e. The highest BCUT2D eigenvalue weighted by Gasteiger charge is 2.15. The van der Waals surface area contributed by atoms with Crippen LogP contribution in [0.2, 0.25) is 0 Å². The molecule has 0 spiro atoms. The molecule has 3 aromatic rings. The van der Waals surface area contributed by atoms with Gasteiger partial charge in [-0.15, -0.1) is 0 Å². The van der Waals surface area contributed by atoms with Gasteiger partial charge in [0.25, 0.3) is 0 Å². The van der Waals surface area contributed by atoms with Crippen LogP contribution in [0.3, 0.4) is 0 Å². The lowest BCUT2D eigenvalue weighted by atomic mass is 10.0. The van der Waals surface area contributed by atoms with E-state index in [0.717, 1.165) is 15.6 Å². The van der Waals surface area contributed by atoms with Crippen molar-refractivity contribution in [2.24, 2.45) is 0 Å². The molecule has 0 aliphatic carbocycles. The number of fused-ring (bicyclic) bond motifs is 1. The molecule has 0 amide bonds. The van der Waals surface area contributed by atoms with Crippen molar-refractivity contribution in [2.75, 3.05) is 5.73 Å². The Morgan fingerprint density at radius 1 is 1.10 bits per heavy atom. The van der Waals surface area contributed by atoms with Crippen molar-refractivity contribution in [1.82, 2.24) is 4.98 Å². The van der Waals surface area contributed by atoms with Crippen molar-refractivity contribution in [2.45, 2.75) is 6.92 Å². The Balaban J connectivity index is 2.42. The molecular formula is C16H12BrFN2. The Morgan fingerprint density at radius 3 is 2.50 bits per heavy atom. The number of nitrogens with zero attached hydrogens (tertiary/aromatic N) is 1. The summed E-state index contributed by atoms with van der Waals surface area (Å²) in [5.74, 6) is -0.368. The Bertz CT molecular complexity index is 801. The summed E-state index contributed by atoms with van der Waals surface area (Å²) in [6.45, 7) is 1.90. The Labute approximate surface area is 124 Å². The molecule has 0 aliphatic heterocycles. The van der Waals surface area contributed by atoms with E-state index < -0.39 is 0 Å². The summed E-state index contributed by atoms with van der Waals surface area (Å²) in [6, 6.07) is 12.7. The van der Waals surface area contributed by atoms with E-state index in [1.54, 1.807) is 6.07 Å². The van der Waals surface area contributed by atoms with Crippen LogP contribution in [0.4, 0.5) is 10.1 Å². The van der Waals surface area contributed by atoms with Crippen LogP contribution in [0.5, 0.6) is 0 Å². The molecule has 100 valence electrons. The van der Waals surface area contributed by atoms with Crippen LogP contribution in [0.1, 0.15) is 5.56 Å². The number of pyridine rings is 1. The van der Waals surface area contributed by atoms with Gasteiger partial charge in [-0.05, 0) is 24.6 Å². The molecule has 2 nitrogen and oxygen atoms in total. The van der Waals surface area contributed by atoms with E-state index in [0.29, 0.717) is 22.3 Å². The molecule has 1 heterocycles. The molecule has 0 bridgehead atoms. The van der Waals surface area contributed by atoms with E-state index >= 15 is 0 Å². The van der Waals surface area contributed by atoms with Gasteiger partial charge in [0.05, 0.1) is 5.69 Å². The molecule has 0 saturated carbocycles. The summed E-state index contributed by atoms with van der Waals surface area (Å²) in [5.41, 5.74) is 9.54. The molecule has 0 aliphatic rings. The predicted octanol–water partition coefficient (Wildman–Crippen LogP) is 4.69. The van der Waals surface area contributed by atoms with E-state index in [2.05, 4.69) is 20.9 Å². The van der Waals surface area contributed by atoms with Crippen LogP contribution >= 0.6 is 15.9 Å². The van der Waals surface area contributed by atoms with E-state index in [1.807, 2.05) is 37.3 Å². The number of aromatic nitrogens is 1. The highest BCUT2D eigenvalue weighted by Crippen LogP contribution is 2.36. The van der Waals surface area contributed by atoms with Crippen molar-refractivity contribution in [3.05, 3.63) is 58.3 Å². The third-order valence-corrected chi connectivity index (χ3v) is 4.04. The molecule has 1 aromatic heterocycles. The fourth-order valence-corrected chi connectivity index (χ4v) is 2.83. The monoisotopic (exact) mass is 330 g/mol. The second kappa shape index (κ2) is 4.87. The average molecular weight is 331 g/mol. The van der Waals surface area contributed by atoms with Crippen molar-refractivity contribution < 1.29 is 4.39 Å². The first-order valence-electron chi connectivity index (χ1n) is 6.19. The Morgan fingerprint density at radius 2 is 1.80 bits per heavy atom. The minimum atomic E-state index is -0.368. The first kappa shape index (κ1) is 13.1. The van der Waals surface area contributed by atoms with Gasteiger partial charge in [-0.25, -0.2) is 9.37 Å². The molecule has 0 saturated heterocycles. The van der Waals surface area contributed by atoms with Gasteiger partial charge in [0, 0.05) is 21.1 Å². The summed E-state index contributed by atoms with van der Waals surface area (Å²) in [5, 5.41) is 0.627. The number of halogens is 2. The molecule has 2 aromatic carbocycles. The van der Waals surface area contributed by atoms with Crippen LogP contribution in [0.15, 0.2) is 46.9 Å². The fourth-order valence-electron chi connectivity index (χ4n) is 2.29. The minimum absolute atomic E-state index is 0.293. The van der Waals surface area contributed by atoms with Gasteiger partial charge in [0.15, 0.2) is 0 Å². The van der Waals surface area contributed by atoms with E-state index in [9.17, 15) is 4.39 Å². The molecule has 0 fully saturated rings. The van der Waals surface area contributed by atoms with Crippen molar-refractivity contribution in [3.8, 4) is 11.3 Å². The van der Waals surface area contributed by atoms with Crippen LogP contribution in [-0.2, 0) is 0 Å². The van der Waals surface area contributed by atoms with Crippen molar-refractivity contribution in [3.63, 3.8) is 0 Å². The van der Waals surface area contributed by atoms with E-state index in [4.69, 9.17) is 5.73 Å². The number of rotatable bonds is 1. The molecule has 0 unspecified atom stereocenters. The summed E-state index contributed by atoms with van der Waals surface area (Å²) >= 11 is 3.41. The van der Waals surface area contributed by atoms with Gasteiger partial charge in [-0.3, -0.25) is 0 Å². The number of hydrogen-bond acceptors (Lipinski definition) is 2. The van der Waals surface area contributed by atoms with Crippen LogP contribution < -0.4 is 5.73 Å². The summed E-state index contributed by atoms with van der Waals surface area (Å²) < 4.78 is 14.8. The number of anilines is 1. The summed E-state index contributed by atoms with van der Waals surface area (Å²) in [4.78, 5) is 4.48. The summed E-state index contributed by atoms with van der Waals surface area (Å²) in [7, 11) is 0. The highest BCUT2D eigenvalue weighted by atomic mass is 79.9. The van der Waals surface area contributed by atoms with Crippen LogP contribution in [0, 0.1) is 12.7 Å². The SMILES string of the molecule is Cc1c(-c2ccccc2)nc2c(F)ccc(Br)c2c1N. The zero-order valence-electron chi connectivity index (χ0n) is 10.8. The third-order valence-electron chi connectivity index (χ3n) is 3.38. The van der Waals surface area contributed by atoms with Crippen LogP contribution in [0.25, 0.3) is 22.2 Å². The van der Waals surface area contributed by atoms with E-state index in [-0.39, 0.29) is 5.82 Å². The van der Waals surface area contributed by atoms with Gasteiger partial charge < -0.3 is 5.73 Å². The van der Waals surface area contributed by atoms with Crippen molar-refractivity contribution in [1.29, 1.82) is 0 Å². The normalized spacial score (nSPS) is 10.9. The number of nitrogen functional groups attached to an aromatic ring is 1. The van der Waals surface area contributed by atoms with Crippen molar-refractivity contribution >= 4 is 32.5 Å². The van der Waals surface area contributed by atoms with Gasteiger partial charge in [0.1, 0.15) is 11.3 Å². The Kier molecular flexibility index (Phi) is 3.18. The Hall–Kier alpha value is -1.94. The lowest BCUT2D eigenvalue weighted by Gasteiger charge is -2.13. The maximum atomic E-state index is 14.0. The maximum Gasteiger partial charge on any atom is 0.149 e. The highest BCUT2D eigenvalue weighted by molar-refractivity contribution is 9.10. The molecule has 2 N–H and O–H groups in total. The van der Waals surface area contributed by atoms with Gasteiger partial charge in [-0.2, -0.15) is 0 Å². The number of hydrogen-bond donors (Lipinski definition) is 1. The van der Waals surface area contributed by atoms with Crippen LogP contribution in [-0.4, -0.2) is 4.98 Å². The average Bonchev–Trinajstić information content (AvgIpc) is 2.47. The smallest absolute Gasteiger partial charge is 0.149 e. The molecule has 0 atom stereocenters. The number of benzene rings is 2. The topological polar surface area (TPSA) is 38.9 Å². The molecule has 3 rings (SSSR count). The second-order valence-electron chi connectivity index (χ2n) is 4.62. The lowest BCUT2D eigenvalue weighted by molar-refractivity contribution is 0.636. The van der Waals surface area contributed by atoms with Gasteiger partial charge >= 0.3 is 0 Å². The zero-order valence-corrected chi connectivity index (χ0v) is 12.4. The quantitative estimate of drug-likeness (QED) is 0.702. The first-order chi connectivity index (χ1) is 9.59. The predicted molar refractivity (Wildman–Crippen MR) is 84.0 cm³/mol. The largest absolute Gasteiger partial charge is 0.398 e. The zero-order chi connectivity index (χ0) is 14.3. The third kappa shape index (κ3) is 1.96. The fraction of sp³-hybridized carbons (Fsp3) is 0.0625. The maximum absolute atomic E-state index is 14.0. The lowest BCUT2D eigenvalue weighted by Crippen LogP contribution is -2.00. The van der Waals surface area contributed by atoms with Gasteiger partial charge in [0.2, 0.25) is 0 Å². The molecule has 20 heavy (non-hydrogen) atoms. The number of nitrogens with two attached hydrogens (primary N) is 1. The molecule has 4 heteroatoms. The standard InChI is InChI=1S/C16H12BrFN2/c1-9-14(19)13-11(17)7-8-12(18)16(13)20-15(9)10-5-3-2-4-6-10/h2-8H,1H3,(H2,19,20).